The van der Waals surface area contributed by atoms with Crippen LogP contribution in [0.3, 0.4) is 0 Å². The monoisotopic (exact) mass is 309 g/mol. The van der Waals surface area contributed by atoms with Gasteiger partial charge in [0.25, 0.3) is 0 Å². The number of rotatable bonds is 4. The Hall–Kier alpha value is -0.650. The first-order valence-electron chi connectivity index (χ1n) is 8.89. The SMILES string of the molecule is CC1(C)C2OCCCC2C1(N)C(=O)NCCN1CCCCC1. The summed E-state index contributed by atoms with van der Waals surface area (Å²) in [7, 11) is 0. The van der Waals surface area contributed by atoms with Gasteiger partial charge in [0.2, 0.25) is 5.91 Å². The summed E-state index contributed by atoms with van der Waals surface area (Å²) in [5.41, 5.74) is 5.53. The van der Waals surface area contributed by atoms with E-state index in [0.29, 0.717) is 6.54 Å². The number of ether oxygens (including phenoxy) is 1. The fourth-order valence-corrected chi connectivity index (χ4v) is 4.69. The summed E-state index contributed by atoms with van der Waals surface area (Å²) >= 11 is 0. The van der Waals surface area contributed by atoms with Gasteiger partial charge in [0.1, 0.15) is 5.54 Å². The fourth-order valence-electron chi connectivity index (χ4n) is 4.69. The summed E-state index contributed by atoms with van der Waals surface area (Å²) in [6.07, 6.45) is 6.05. The van der Waals surface area contributed by atoms with Gasteiger partial charge in [-0.2, -0.15) is 0 Å². The molecule has 1 saturated carbocycles. The van der Waals surface area contributed by atoms with E-state index >= 15 is 0 Å². The first kappa shape index (κ1) is 16.2. The van der Waals surface area contributed by atoms with E-state index in [-0.39, 0.29) is 23.3 Å². The van der Waals surface area contributed by atoms with Crippen molar-refractivity contribution in [1.29, 1.82) is 0 Å². The minimum atomic E-state index is -0.778. The summed E-state index contributed by atoms with van der Waals surface area (Å²) in [5, 5.41) is 3.10. The van der Waals surface area contributed by atoms with Crippen LogP contribution >= 0.6 is 0 Å². The molecule has 5 nitrogen and oxygen atoms in total. The van der Waals surface area contributed by atoms with Crippen molar-refractivity contribution >= 4 is 5.91 Å². The molecule has 5 heteroatoms. The highest BCUT2D eigenvalue weighted by atomic mass is 16.5. The zero-order chi connectivity index (χ0) is 15.8. The van der Waals surface area contributed by atoms with Gasteiger partial charge in [0, 0.05) is 31.0 Å². The number of hydrogen-bond acceptors (Lipinski definition) is 4. The summed E-state index contributed by atoms with van der Waals surface area (Å²) in [5.74, 6) is 0.187. The van der Waals surface area contributed by atoms with Crippen LogP contribution in [0.15, 0.2) is 0 Å². The van der Waals surface area contributed by atoms with Gasteiger partial charge in [-0.3, -0.25) is 4.79 Å². The number of hydrogen-bond donors (Lipinski definition) is 2. The van der Waals surface area contributed by atoms with Crippen molar-refractivity contribution in [2.24, 2.45) is 17.1 Å². The first-order chi connectivity index (χ1) is 10.5. The molecule has 2 saturated heterocycles. The highest BCUT2D eigenvalue weighted by Gasteiger charge is 2.70. The van der Waals surface area contributed by atoms with Crippen LogP contribution in [-0.4, -0.2) is 55.2 Å². The Morgan fingerprint density at radius 2 is 2.00 bits per heavy atom. The van der Waals surface area contributed by atoms with Gasteiger partial charge in [0.15, 0.2) is 0 Å². The van der Waals surface area contributed by atoms with E-state index in [9.17, 15) is 4.79 Å². The highest BCUT2D eigenvalue weighted by Crippen LogP contribution is 2.57. The van der Waals surface area contributed by atoms with Crippen molar-refractivity contribution < 1.29 is 9.53 Å². The minimum Gasteiger partial charge on any atom is -0.377 e. The molecule has 1 amide bonds. The van der Waals surface area contributed by atoms with Crippen molar-refractivity contribution in [3.05, 3.63) is 0 Å². The lowest BCUT2D eigenvalue weighted by atomic mass is 9.46. The predicted octanol–water partition coefficient (Wildman–Crippen LogP) is 1.12. The van der Waals surface area contributed by atoms with E-state index in [1.54, 1.807) is 0 Å². The van der Waals surface area contributed by atoms with Crippen LogP contribution in [0.5, 0.6) is 0 Å². The minimum absolute atomic E-state index is 0.0151. The smallest absolute Gasteiger partial charge is 0.241 e. The number of piperidine rings is 1. The third-order valence-corrected chi connectivity index (χ3v) is 6.22. The molecule has 0 bridgehead atoms. The van der Waals surface area contributed by atoms with Crippen molar-refractivity contribution in [2.75, 3.05) is 32.8 Å². The standard InChI is InChI=1S/C17H31N3O2/c1-16(2)14-13(7-6-12-22-14)17(16,18)15(21)19-8-11-20-9-4-3-5-10-20/h13-14H,3-12,18H2,1-2H3,(H,19,21). The molecule has 3 unspecified atom stereocenters. The molecule has 1 aliphatic carbocycles. The van der Waals surface area contributed by atoms with Crippen molar-refractivity contribution in [3.8, 4) is 0 Å². The van der Waals surface area contributed by atoms with Gasteiger partial charge >= 0.3 is 0 Å². The Balaban J connectivity index is 1.54. The van der Waals surface area contributed by atoms with E-state index < -0.39 is 5.54 Å². The fraction of sp³-hybridized carbons (Fsp3) is 0.941. The molecule has 2 aliphatic heterocycles. The summed E-state index contributed by atoms with van der Waals surface area (Å²) in [6.45, 7) is 8.91. The van der Waals surface area contributed by atoms with Crippen molar-refractivity contribution in [2.45, 2.75) is 57.6 Å². The predicted molar refractivity (Wildman–Crippen MR) is 86.5 cm³/mol. The number of carbonyl (C=O) groups is 1. The third-order valence-electron chi connectivity index (χ3n) is 6.22. The second-order valence-corrected chi connectivity index (χ2v) is 7.79. The first-order valence-corrected chi connectivity index (χ1v) is 8.89. The third kappa shape index (κ3) is 2.47. The van der Waals surface area contributed by atoms with Crippen LogP contribution in [0.1, 0.15) is 46.0 Å². The van der Waals surface area contributed by atoms with Gasteiger partial charge < -0.3 is 20.7 Å². The maximum atomic E-state index is 12.7. The van der Waals surface area contributed by atoms with Gasteiger partial charge in [-0.1, -0.05) is 20.3 Å². The Morgan fingerprint density at radius 3 is 2.73 bits per heavy atom. The second kappa shape index (κ2) is 6.10. The number of amides is 1. The molecular formula is C17H31N3O2. The van der Waals surface area contributed by atoms with E-state index in [0.717, 1.165) is 39.1 Å². The van der Waals surface area contributed by atoms with Gasteiger partial charge in [-0.05, 0) is 38.8 Å². The molecular weight excluding hydrogens is 278 g/mol. The number of nitrogens with one attached hydrogen (secondary N) is 1. The zero-order valence-electron chi connectivity index (χ0n) is 14.1. The summed E-state index contributed by atoms with van der Waals surface area (Å²) in [6, 6.07) is 0. The second-order valence-electron chi connectivity index (χ2n) is 7.79. The number of fused-ring (bicyclic) bond motifs is 1. The maximum Gasteiger partial charge on any atom is 0.241 e. The molecule has 3 aliphatic rings. The quantitative estimate of drug-likeness (QED) is 0.817. The molecule has 126 valence electrons. The molecule has 0 aromatic carbocycles. The van der Waals surface area contributed by atoms with Crippen molar-refractivity contribution in [1.82, 2.24) is 10.2 Å². The van der Waals surface area contributed by atoms with Crippen molar-refractivity contribution in [3.63, 3.8) is 0 Å². The van der Waals surface area contributed by atoms with Crippen LogP contribution in [0.4, 0.5) is 0 Å². The van der Waals surface area contributed by atoms with Crippen LogP contribution in [0.2, 0.25) is 0 Å². The molecule has 0 radical (unpaired) electrons. The van der Waals surface area contributed by atoms with Crippen LogP contribution in [0, 0.1) is 11.3 Å². The number of nitrogens with zero attached hydrogens (tertiary/aromatic N) is 1. The van der Waals surface area contributed by atoms with E-state index in [2.05, 4.69) is 24.1 Å². The molecule has 3 N–H and O–H groups in total. The van der Waals surface area contributed by atoms with Crippen LogP contribution in [-0.2, 0) is 9.53 Å². The average Bonchev–Trinajstić information content (AvgIpc) is 2.55. The highest BCUT2D eigenvalue weighted by molar-refractivity contribution is 5.89. The molecule has 3 fully saturated rings. The Labute approximate surface area is 133 Å². The molecule has 3 rings (SSSR count). The largest absolute Gasteiger partial charge is 0.377 e. The molecule has 22 heavy (non-hydrogen) atoms. The normalized spacial score (nSPS) is 38.0. The lowest BCUT2D eigenvalue weighted by Crippen LogP contribution is -2.82. The Bertz CT molecular complexity index is 420. The van der Waals surface area contributed by atoms with E-state index in [1.165, 1.54) is 19.3 Å². The Morgan fingerprint density at radius 1 is 1.27 bits per heavy atom. The zero-order valence-corrected chi connectivity index (χ0v) is 14.1. The topological polar surface area (TPSA) is 67.6 Å². The van der Waals surface area contributed by atoms with Gasteiger partial charge in [-0.15, -0.1) is 0 Å². The van der Waals surface area contributed by atoms with E-state index in [1.807, 2.05) is 0 Å². The summed E-state index contributed by atoms with van der Waals surface area (Å²) in [4.78, 5) is 15.2. The van der Waals surface area contributed by atoms with Crippen LogP contribution < -0.4 is 11.1 Å². The molecule has 0 spiro atoms. The molecule has 0 aromatic heterocycles. The lowest BCUT2D eigenvalue weighted by molar-refractivity contribution is -0.225. The van der Waals surface area contributed by atoms with Gasteiger partial charge in [-0.25, -0.2) is 0 Å². The number of likely N-dealkylation sites (tertiary alicyclic amines) is 1. The van der Waals surface area contributed by atoms with Gasteiger partial charge in [0.05, 0.1) is 6.10 Å². The van der Waals surface area contributed by atoms with E-state index in [4.69, 9.17) is 10.5 Å². The average molecular weight is 309 g/mol. The number of carbonyl (C=O) groups excluding carboxylic acids is 1. The lowest BCUT2D eigenvalue weighted by Gasteiger charge is -2.65. The molecule has 0 aromatic rings. The summed E-state index contributed by atoms with van der Waals surface area (Å²) < 4.78 is 5.87. The molecule has 2 heterocycles. The number of nitrogens with two attached hydrogens (primary N) is 1. The van der Waals surface area contributed by atoms with Crippen LogP contribution in [0.25, 0.3) is 0 Å². The maximum absolute atomic E-state index is 12.7. The Kier molecular flexibility index (Phi) is 4.49. The molecule has 3 atom stereocenters.